The maximum absolute atomic E-state index is 11.7. The van der Waals surface area contributed by atoms with Crippen LogP contribution >= 0.6 is 0 Å². The molecule has 1 aliphatic heterocycles. The molecule has 1 aliphatic rings. The molecule has 28 heavy (non-hydrogen) atoms. The number of benzene rings is 2. The van der Waals surface area contributed by atoms with Crippen LogP contribution in [0, 0.1) is 0 Å². The number of aliphatic hydroxyl groups excluding tert-OH is 1. The molecule has 1 unspecified atom stereocenters. The third-order valence-electron chi connectivity index (χ3n) is 4.48. The van der Waals surface area contributed by atoms with Crippen molar-refractivity contribution in [2.45, 2.75) is 38.8 Å². The molecule has 0 saturated heterocycles. The van der Waals surface area contributed by atoms with Crippen LogP contribution in [0.1, 0.15) is 37.5 Å². The second kappa shape index (κ2) is 8.59. The molecular formula is C23H28N2O3. The van der Waals surface area contributed by atoms with Gasteiger partial charge in [-0.25, -0.2) is 0 Å². The van der Waals surface area contributed by atoms with Crippen LogP contribution in [0.4, 0.5) is 5.69 Å². The van der Waals surface area contributed by atoms with Crippen molar-refractivity contribution in [1.29, 1.82) is 0 Å². The van der Waals surface area contributed by atoms with Gasteiger partial charge in [0.05, 0.1) is 6.42 Å². The predicted octanol–water partition coefficient (Wildman–Crippen LogP) is 3.48. The van der Waals surface area contributed by atoms with E-state index in [4.69, 9.17) is 4.74 Å². The van der Waals surface area contributed by atoms with Gasteiger partial charge in [0, 0.05) is 23.3 Å². The van der Waals surface area contributed by atoms with E-state index in [0.29, 0.717) is 13.0 Å². The zero-order chi connectivity index (χ0) is 20.1. The highest BCUT2D eigenvalue weighted by atomic mass is 16.5. The van der Waals surface area contributed by atoms with E-state index < -0.39 is 6.10 Å². The number of carbonyl (C=O) groups excluding carboxylic acids is 1. The zero-order valence-electron chi connectivity index (χ0n) is 16.7. The van der Waals surface area contributed by atoms with Gasteiger partial charge in [0.15, 0.2) is 0 Å². The number of anilines is 1. The second-order valence-corrected chi connectivity index (χ2v) is 8.07. The van der Waals surface area contributed by atoms with Gasteiger partial charge in [0.1, 0.15) is 18.5 Å². The average molecular weight is 380 g/mol. The number of nitrogens with one attached hydrogen (secondary N) is 2. The Hall–Kier alpha value is -2.63. The lowest BCUT2D eigenvalue weighted by Crippen LogP contribution is -2.42. The van der Waals surface area contributed by atoms with Gasteiger partial charge in [-0.2, -0.15) is 0 Å². The number of para-hydroxylation sites is 1. The molecule has 2 aromatic carbocycles. The molecule has 0 bridgehead atoms. The molecule has 1 amide bonds. The van der Waals surface area contributed by atoms with Gasteiger partial charge in [0.25, 0.3) is 0 Å². The van der Waals surface area contributed by atoms with Gasteiger partial charge in [-0.05, 0) is 44.0 Å². The number of carbonyl (C=O) groups is 1. The van der Waals surface area contributed by atoms with Crippen LogP contribution < -0.4 is 15.4 Å². The molecule has 0 spiro atoms. The Morgan fingerprint density at radius 1 is 1.14 bits per heavy atom. The smallest absolute Gasteiger partial charge is 0.228 e. The molecule has 0 radical (unpaired) electrons. The van der Waals surface area contributed by atoms with E-state index in [2.05, 4.69) is 31.4 Å². The second-order valence-electron chi connectivity index (χ2n) is 8.07. The first kappa shape index (κ1) is 20.1. The molecule has 0 fully saturated rings. The highest BCUT2D eigenvalue weighted by Gasteiger charge is 2.19. The van der Waals surface area contributed by atoms with Crippen LogP contribution in [0.25, 0.3) is 12.2 Å². The van der Waals surface area contributed by atoms with Crippen molar-refractivity contribution < 1.29 is 14.6 Å². The van der Waals surface area contributed by atoms with Crippen LogP contribution in [0.2, 0.25) is 0 Å². The fourth-order valence-corrected chi connectivity index (χ4v) is 3.03. The van der Waals surface area contributed by atoms with E-state index >= 15 is 0 Å². The fraction of sp³-hybridized carbons (Fsp3) is 0.348. The van der Waals surface area contributed by atoms with Crippen molar-refractivity contribution in [3.05, 3.63) is 59.2 Å². The highest BCUT2D eigenvalue weighted by molar-refractivity contribution is 6.00. The van der Waals surface area contributed by atoms with Gasteiger partial charge < -0.3 is 20.5 Å². The lowest BCUT2D eigenvalue weighted by atomic mass is 10.0. The standard InChI is InChI=1S/C23H28N2O3/c1-23(2,3)24-14-18(26)15-28-21-10-5-4-7-17(21)12-11-16-8-6-9-20-19(16)13-22(27)25-20/h4-12,18,24,26H,13-15H2,1-3H3,(H,25,27)/b12-11+. The number of hydrogen-bond acceptors (Lipinski definition) is 4. The molecule has 0 aliphatic carbocycles. The van der Waals surface area contributed by atoms with Crippen LogP contribution in [-0.2, 0) is 11.2 Å². The molecule has 3 N–H and O–H groups in total. The van der Waals surface area contributed by atoms with Gasteiger partial charge in [0.2, 0.25) is 5.91 Å². The van der Waals surface area contributed by atoms with Gasteiger partial charge >= 0.3 is 0 Å². The maximum atomic E-state index is 11.7. The summed E-state index contributed by atoms with van der Waals surface area (Å²) in [7, 11) is 0. The minimum absolute atomic E-state index is 0.0254. The molecule has 0 aromatic heterocycles. The summed E-state index contributed by atoms with van der Waals surface area (Å²) < 4.78 is 5.85. The van der Waals surface area contributed by atoms with Gasteiger partial charge in [-0.15, -0.1) is 0 Å². The van der Waals surface area contributed by atoms with Gasteiger partial charge in [-0.1, -0.05) is 42.5 Å². The molecule has 1 atom stereocenters. The Kier molecular flexibility index (Phi) is 6.17. The minimum atomic E-state index is -0.592. The lowest BCUT2D eigenvalue weighted by molar-refractivity contribution is -0.115. The monoisotopic (exact) mass is 380 g/mol. The molecule has 2 aromatic rings. The molecule has 5 nitrogen and oxygen atoms in total. The van der Waals surface area contributed by atoms with Crippen molar-refractivity contribution in [2.24, 2.45) is 0 Å². The number of aliphatic hydroxyl groups is 1. The minimum Gasteiger partial charge on any atom is -0.490 e. The van der Waals surface area contributed by atoms with E-state index in [9.17, 15) is 9.90 Å². The van der Waals surface area contributed by atoms with E-state index in [-0.39, 0.29) is 18.1 Å². The number of ether oxygens (including phenoxy) is 1. The Bertz CT molecular complexity index is 868. The summed E-state index contributed by atoms with van der Waals surface area (Å²) in [5.41, 5.74) is 3.79. The van der Waals surface area contributed by atoms with Crippen LogP contribution in [0.5, 0.6) is 5.75 Å². The first-order chi connectivity index (χ1) is 13.3. The lowest BCUT2D eigenvalue weighted by Gasteiger charge is -2.23. The average Bonchev–Trinajstić information content (AvgIpc) is 3.04. The Morgan fingerprint density at radius 3 is 2.64 bits per heavy atom. The first-order valence-corrected chi connectivity index (χ1v) is 9.56. The molecular weight excluding hydrogens is 352 g/mol. The number of amides is 1. The summed E-state index contributed by atoms with van der Waals surface area (Å²) in [6.07, 6.45) is 3.79. The van der Waals surface area contributed by atoms with Crippen LogP contribution in [0.3, 0.4) is 0 Å². The quantitative estimate of drug-likeness (QED) is 0.643. The number of rotatable bonds is 7. The number of fused-ring (bicyclic) bond motifs is 1. The summed E-state index contributed by atoms with van der Waals surface area (Å²) in [5.74, 6) is 0.743. The SMILES string of the molecule is CC(C)(C)NCC(O)COc1ccccc1/C=C/c1cccc2c1CC(=O)N2. The van der Waals surface area contributed by atoms with E-state index in [1.54, 1.807) is 0 Å². The van der Waals surface area contributed by atoms with Crippen molar-refractivity contribution >= 4 is 23.7 Å². The van der Waals surface area contributed by atoms with E-state index in [1.807, 2.05) is 54.6 Å². The summed E-state index contributed by atoms with van der Waals surface area (Å²) in [5, 5.41) is 16.3. The zero-order valence-corrected chi connectivity index (χ0v) is 16.7. The normalized spacial score (nSPS) is 14.8. The first-order valence-electron chi connectivity index (χ1n) is 9.56. The molecule has 0 saturated carbocycles. The van der Waals surface area contributed by atoms with Gasteiger partial charge in [-0.3, -0.25) is 4.79 Å². The topological polar surface area (TPSA) is 70.6 Å². The van der Waals surface area contributed by atoms with Crippen LogP contribution in [-0.4, -0.2) is 35.8 Å². The fourth-order valence-electron chi connectivity index (χ4n) is 3.03. The maximum Gasteiger partial charge on any atom is 0.228 e. The highest BCUT2D eigenvalue weighted by Crippen LogP contribution is 2.28. The molecule has 5 heteroatoms. The molecule has 148 valence electrons. The van der Waals surface area contributed by atoms with Crippen molar-refractivity contribution in [3.8, 4) is 5.75 Å². The number of hydrogen-bond donors (Lipinski definition) is 3. The summed E-state index contributed by atoms with van der Waals surface area (Å²) in [6.45, 7) is 6.87. The third-order valence-corrected chi connectivity index (χ3v) is 4.48. The predicted molar refractivity (Wildman–Crippen MR) is 113 cm³/mol. The summed E-state index contributed by atoms with van der Waals surface area (Å²) in [6, 6.07) is 13.6. The van der Waals surface area contributed by atoms with Crippen molar-refractivity contribution in [1.82, 2.24) is 5.32 Å². The van der Waals surface area contributed by atoms with Crippen molar-refractivity contribution in [3.63, 3.8) is 0 Å². The molecule has 3 rings (SSSR count). The Balaban J connectivity index is 1.67. The third kappa shape index (κ3) is 5.44. The van der Waals surface area contributed by atoms with Crippen molar-refractivity contribution in [2.75, 3.05) is 18.5 Å². The van der Waals surface area contributed by atoms with Crippen LogP contribution in [0.15, 0.2) is 42.5 Å². The largest absolute Gasteiger partial charge is 0.490 e. The summed E-state index contributed by atoms with van der Waals surface area (Å²) in [4.78, 5) is 11.7. The number of β-amino-alcohol motifs (C(OH)–C–C–N with tert-alkyl or cyclic N) is 1. The van der Waals surface area contributed by atoms with E-state index in [1.165, 1.54) is 0 Å². The Morgan fingerprint density at radius 2 is 1.86 bits per heavy atom. The summed E-state index contributed by atoms with van der Waals surface area (Å²) >= 11 is 0. The van der Waals surface area contributed by atoms with E-state index in [0.717, 1.165) is 28.1 Å². The molecule has 1 heterocycles. The Labute approximate surface area is 166 Å².